The van der Waals surface area contributed by atoms with Crippen molar-refractivity contribution in [1.29, 1.82) is 0 Å². The van der Waals surface area contributed by atoms with Crippen LogP contribution in [0.4, 0.5) is 5.69 Å². The normalized spacial score (nSPS) is 10.6. The molecule has 1 N–H and O–H groups in total. The van der Waals surface area contributed by atoms with E-state index in [0.717, 1.165) is 22.2 Å². The molecule has 2 rings (SSSR count). The molecule has 0 fully saturated rings. The fourth-order valence-corrected chi connectivity index (χ4v) is 2.37. The second kappa shape index (κ2) is 7.05. The van der Waals surface area contributed by atoms with E-state index < -0.39 is 0 Å². The summed E-state index contributed by atoms with van der Waals surface area (Å²) >= 11 is 1.57. The Labute approximate surface area is 123 Å². The van der Waals surface area contributed by atoms with Crippen LogP contribution >= 0.6 is 11.8 Å². The Kier molecular flexibility index (Phi) is 5.12. The zero-order valence-corrected chi connectivity index (χ0v) is 12.4. The molecule has 5 heteroatoms. The van der Waals surface area contributed by atoms with Gasteiger partial charge in [0.05, 0.1) is 11.4 Å². The summed E-state index contributed by atoms with van der Waals surface area (Å²) in [5.41, 5.74) is 1.75. The van der Waals surface area contributed by atoms with Crippen LogP contribution in [0.5, 0.6) is 0 Å². The molecule has 1 amide bonds. The van der Waals surface area contributed by atoms with E-state index in [9.17, 15) is 4.79 Å². The van der Waals surface area contributed by atoms with Gasteiger partial charge in [-0.3, -0.25) is 9.78 Å². The maximum absolute atomic E-state index is 11.8. The summed E-state index contributed by atoms with van der Waals surface area (Å²) in [6, 6.07) is 9.52. The number of hydrogen-bond acceptors (Lipinski definition) is 4. The van der Waals surface area contributed by atoms with E-state index in [-0.39, 0.29) is 11.8 Å². The molecule has 2 heterocycles. The maximum Gasteiger partial charge on any atom is 0.226 e. The first kappa shape index (κ1) is 14.5. The minimum absolute atomic E-state index is 0.00214. The van der Waals surface area contributed by atoms with Crippen LogP contribution in [0.3, 0.4) is 0 Å². The van der Waals surface area contributed by atoms with Crippen molar-refractivity contribution in [3.05, 3.63) is 48.4 Å². The molecular formula is C15H17N3OS. The molecule has 0 saturated heterocycles. The highest BCUT2D eigenvalue weighted by atomic mass is 32.2. The van der Waals surface area contributed by atoms with Gasteiger partial charge in [0.2, 0.25) is 5.91 Å². The van der Waals surface area contributed by atoms with Crippen molar-refractivity contribution < 1.29 is 4.79 Å². The lowest BCUT2D eigenvalue weighted by Crippen LogP contribution is -2.18. The van der Waals surface area contributed by atoms with E-state index in [1.54, 1.807) is 24.2 Å². The summed E-state index contributed by atoms with van der Waals surface area (Å²) in [6.45, 7) is 3.73. The van der Waals surface area contributed by atoms with Crippen molar-refractivity contribution in [3.63, 3.8) is 0 Å². The number of hydrogen-bond donors (Lipinski definition) is 1. The lowest BCUT2D eigenvalue weighted by molar-refractivity contribution is -0.118. The van der Waals surface area contributed by atoms with Crippen molar-refractivity contribution in [3.8, 4) is 0 Å². The standard InChI is InChI=1S/C15H17N3OS/c1-11(2)14(19)18-13-7-5-9-17-15(13)20-10-12-6-3-4-8-16-12/h3-9,11H,10H2,1-2H3,(H,18,19). The van der Waals surface area contributed by atoms with Crippen LogP contribution in [-0.4, -0.2) is 15.9 Å². The van der Waals surface area contributed by atoms with Gasteiger partial charge in [0.15, 0.2) is 0 Å². The SMILES string of the molecule is CC(C)C(=O)Nc1cccnc1SCc1ccccn1. The zero-order valence-electron chi connectivity index (χ0n) is 11.5. The quantitative estimate of drug-likeness (QED) is 0.857. The Bertz CT molecular complexity index is 572. The van der Waals surface area contributed by atoms with Crippen molar-refractivity contribution >= 4 is 23.4 Å². The fourth-order valence-electron chi connectivity index (χ4n) is 1.50. The first-order chi connectivity index (χ1) is 9.66. The second-order valence-corrected chi connectivity index (χ2v) is 5.57. The highest BCUT2D eigenvalue weighted by Gasteiger charge is 2.11. The number of thioether (sulfide) groups is 1. The molecular weight excluding hydrogens is 270 g/mol. The molecule has 0 bridgehead atoms. The van der Waals surface area contributed by atoms with E-state index >= 15 is 0 Å². The van der Waals surface area contributed by atoms with Crippen molar-refractivity contribution in [2.24, 2.45) is 5.92 Å². The second-order valence-electron chi connectivity index (χ2n) is 4.61. The average Bonchev–Trinajstić information content (AvgIpc) is 2.47. The summed E-state index contributed by atoms with van der Waals surface area (Å²) in [4.78, 5) is 20.4. The summed E-state index contributed by atoms with van der Waals surface area (Å²) in [5, 5.41) is 3.72. The first-order valence-electron chi connectivity index (χ1n) is 6.45. The zero-order chi connectivity index (χ0) is 14.4. The fraction of sp³-hybridized carbons (Fsp3) is 0.267. The Morgan fingerprint density at radius 2 is 2.00 bits per heavy atom. The summed E-state index contributed by atoms with van der Waals surface area (Å²) in [5.74, 6) is 0.670. The summed E-state index contributed by atoms with van der Waals surface area (Å²) in [7, 11) is 0. The largest absolute Gasteiger partial charge is 0.324 e. The van der Waals surface area contributed by atoms with Crippen LogP contribution in [0.2, 0.25) is 0 Å². The first-order valence-corrected chi connectivity index (χ1v) is 7.44. The lowest BCUT2D eigenvalue weighted by atomic mass is 10.2. The molecule has 2 aromatic rings. The third kappa shape index (κ3) is 4.06. The molecule has 104 valence electrons. The number of amides is 1. The third-order valence-electron chi connectivity index (χ3n) is 2.64. The summed E-state index contributed by atoms with van der Waals surface area (Å²) in [6.07, 6.45) is 3.50. The van der Waals surface area contributed by atoms with Gasteiger partial charge >= 0.3 is 0 Å². The maximum atomic E-state index is 11.8. The third-order valence-corrected chi connectivity index (χ3v) is 3.68. The van der Waals surface area contributed by atoms with Crippen molar-refractivity contribution in [1.82, 2.24) is 9.97 Å². The smallest absolute Gasteiger partial charge is 0.226 e. The van der Waals surface area contributed by atoms with Gasteiger partial charge in [-0.2, -0.15) is 0 Å². The number of carbonyl (C=O) groups excluding carboxylic acids is 1. The molecule has 0 radical (unpaired) electrons. The Balaban J connectivity index is 2.06. The van der Waals surface area contributed by atoms with Crippen LogP contribution in [0.25, 0.3) is 0 Å². The van der Waals surface area contributed by atoms with E-state index in [1.807, 2.05) is 44.2 Å². The summed E-state index contributed by atoms with van der Waals surface area (Å²) < 4.78 is 0. The molecule has 0 aliphatic carbocycles. The molecule has 0 spiro atoms. The molecule has 20 heavy (non-hydrogen) atoms. The Morgan fingerprint density at radius 3 is 2.70 bits per heavy atom. The monoisotopic (exact) mass is 287 g/mol. The molecule has 0 unspecified atom stereocenters. The molecule has 0 aliphatic heterocycles. The Hall–Kier alpha value is -1.88. The van der Waals surface area contributed by atoms with Crippen LogP contribution in [0.1, 0.15) is 19.5 Å². The van der Waals surface area contributed by atoms with E-state index in [4.69, 9.17) is 0 Å². The number of anilines is 1. The van der Waals surface area contributed by atoms with Crippen molar-refractivity contribution in [2.45, 2.75) is 24.6 Å². The van der Waals surface area contributed by atoms with Gasteiger partial charge in [0, 0.05) is 24.1 Å². The lowest BCUT2D eigenvalue weighted by Gasteiger charge is -2.11. The molecule has 0 aromatic carbocycles. The highest BCUT2D eigenvalue weighted by molar-refractivity contribution is 7.98. The van der Waals surface area contributed by atoms with E-state index in [2.05, 4.69) is 15.3 Å². The minimum atomic E-state index is -0.0520. The van der Waals surface area contributed by atoms with E-state index in [0.29, 0.717) is 0 Å². The van der Waals surface area contributed by atoms with Gasteiger partial charge in [-0.05, 0) is 24.3 Å². The number of aromatic nitrogens is 2. The average molecular weight is 287 g/mol. The number of pyridine rings is 2. The Morgan fingerprint density at radius 1 is 1.20 bits per heavy atom. The van der Waals surface area contributed by atoms with Gasteiger partial charge in [-0.25, -0.2) is 4.98 Å². The van der Waals surface area contributed by atoms with Crippen LogP contribution < -0.4 is 5.32 Å². The van der Waals surface area contributed by atoms with Gasteiger partial charge in [0.25, 0.3) is 0 Å². The molecule has 0 saturated carbocycles. The molecule has 2 aromatic heterocycles. The van der Waals surface area contributed by atoms with E-state index in [1.165, 1.54) is 0 Å². The molecule has 0 aliphatic rings. The minimum Gasteiger partial charge on any atom is -0.324 e. The number of carbonyl (C=O) groups is 1. The van der Waals surface area contributed by atoms with Crippen molar-refractivity contribution in [2.75, 3.05) is 5.32 Å². The highest BCUT2D eigenvalue weighted by Crippen LogP contribution is 2.27. The van der Waals surface area contributed by atoms with Crippen LogP contribution in [0.15, 0.2) is 47.8 Å². The van der Waals surface area contributed by atoms with Gasteiger partial charge in [-0.15, -0.1) is 0 Å². The van der Waals surface area contributed by atoms with Crippen LogP contribution in [0, 0.1) is 5.92 Å². The number of nitrogens with zero attached hydrogens (tertiary/aromatic N) is 2. The molecule has 0 atom stereocenters. The number of rotatable bonds is 5. The van der Waals surface area contributed by atoms with Gasteiger partial charge < -0.3 is 5.32 Å². The predicted molar refractivity (Wildman–Crippen MR) is 81.5 cm³/mol. The predicted octanol–water partition coefficient (Wildman–Crippen LogP) is 3.36. The number of nitrogens with one attached hydrogen (secondary N) is 1. The van der Waals surface area contributed by atoms with Crippen LogP contribution in [-0.2, 0) is 10.5 Å². The topological polar surface area (TPSA) is 54.9 Å². The van der Waals surface area contributed by atoms with Gasteiger partial charge in [-0.1, -0.05) is 31.7 Å². The molecule has 4 nitrogen and oxygen atoms in total. The van der Waals surface area contributed by atoms with Gasteiger partial charge in [0.1, 0.15) is 5.03 Å².